The number of methoxy groups -OCH3 is 1. The Morgan fingerprint density at radius 1 is 0.975 bits per heavy atom. The van der Waals surface area contributed by atoms with E-state index in [-0.39, 0.29) is 11.5 Å². The third-order valence-corrected chi connectivity index (χ3v) is 6.13. The van der Waals surface area contributed by atoms with Crippen LogP contribution in [0.1, 0.15) is 41.5 Å². The fourth-order valence-corrected chi connectivity index (χ4v) is 3.70. The van der Waals surface area contributed by atoms with E-state index in [1.807, 2.05) is 38.6 Å². The van der Waals surface area contributed by atoms with Gasteiger partial charge >= 0.3 is 6.18 Å². The minimum atomic E-state index is -4.48. The number of ether oxygens (including phenoxy) is 1. The van der Waals surface area contributed by atoms with Crippen LogP contribution in [-0.2, 0) is 0 Å². The van der Waals surface area contributed by atoms with Gasteiger partial charge in [-0.3, -0.25) is 9.59 Å². The van der Waals surface area contributed by atoms with Gasteiger partial charge in [0.15, 0.2) is 11.2 Å². The summed E-state index contributed by atoms with van der Waals surface area (Å²) in [7, 11) is 1.50. The molecule has 2 aromatic carbocycles. The van der Waals surface area contributed by atoms with Crippen molar-refractivity contribution in [1.29, 1.82) is 0 Å². The molecule has 4 aromatic rings. The van der Waals surface area contributed by atoms with Gasteiger partial charge < -0.3 is 20.7 Å². The molecule has 40 heavy (non-hydrogen) atoms. The second kappa shape index (κ2) is 11.2. The lowest BCUT2D eigenvalue weighted by Crippen LogP contribution is -2.43. The second-order valence-corrected chi connectivity index (χ2v) is 9.54. The summed E-state index contributed by atoms with van der Waals surface area (Å²) in [6, 6.07) is 14.8. The monoisotopic (exact) mass is 553 g/mol. The highest BCUT2D eigenvalue weighted by Crippen LogP contribution is 2.29. The number of rotatable bonds is 9. The molecule has 4 rings (SSSR count). The van der Waals surface area contributed by atoms with E-state index in [0.717, 1.165) is 11.1 Å². The Kier molecular flexibility index (Phi) is 7.89. The maximum Gasteiger partial charge on any atom is 0.405 e. The Morgan fingerprint density at radius 2 is 1.65 bits per heavy atom. The average molecular weight is 554 g/mol. The van der Waals surface area contributed by atoms with Crippen molar-refractivity contribution in [3.8, 4) is 16.9 Å². The van der Waals surface area contributed by atoms with Crippen LogP contribution in [0.3, 0.4) is 0 Å². The number of aromatic nitrogens is 3. The maximum absolute atomic E-state index is 12.6. The number of anilines is 2. The summed E-state index contributed by atoms with van der Waals surface area (Å²) in [5, 5.41) is 12.4. The number of halogens is 3. The lowest BCUT2D eigenvalue weighted by Gasteiger charge is -2.17. The molecule has 0 aliphatic rings. The molecular weight excluding hydrogens is 525 g/mol. The quantitative estimate of drug-likeness (QED) is 0.247. The first-order valence-corrected chi connectivity index (χ1v) is 12.3. The fraction of sp³-hybridized carbons (Fsp3) is 0.250. The van der Waals surface area contributed by atoms with Gasteiger partial charge in [-0.05, 0) is 48.0 Å². The molecule has 0 saturated carbocycles. The van der Waals surface area contributed by atoms with Crippen molar-refractivity contribution in [2.75, 3.05) is 19.0 Å². The number of carbonyl (C=O) groups is 2. The standard InChI is InChI=1S/C28H27F3N6O3/c1-5-27(2,3)35-25(39)19-10-12-21(22(14-19)40-4)33-26-34-23-13-11-20(15-37(23)36-26)17-6-8-18(9-7-17)24(38)32-16-28(29,30)31/h5-15H,16H2,1-4H3,(H2-,32,33,35,36,38,39)/p+1. The average Bonchev–Trinajstić information content (AvgIpc) is 3.33. The summed E-state index contributed by atoms with van der Waals surface area (Å²) in [4.78, 5) is 29.1. The second-order valence-electron chi connectivity index (χ2n) is 9.54. The summed E-state index contributed by atoms with van der Waals surface area (Å²) >= 11 is 0. The molecule has 2 heterocycles. The molecule has 208 valence electrons. The maximum atomic E-state index is 12.6. The number of pyridine rings is 1. The molecule has 9 nitrogen and oxygen atoms in total. The van der Waals surface area contributed by atoms with Crippen molar-refractivity contribution in [2.45, 2.75) is 32.5 Å². The minimum Gasteiger partial charge on any atom is -0.495 e. The summed E-state index contributed by atoms with van der Waals surface area (Å²) in [5.74, 6) is -0.309. The van der Waals surface area contributed by atoms with Crippen LogP contribution in [0.4, 0.5) is 24.8 Å². The van der Waals surface area contributed by atoms with Crippen molar-refractivity contribution in [3.05, 3.63) is 78.3 Å². The van der Waals surface area contributed by atoms with Crippen LogP contribution in [0.5, 0.6) is 5.75 Å². The number of benzene rings is 2. The first kappa shape index (κ1) is 28.3. The summed E-state index contributed by atoms with van der Waals surface area (Å²) in [5.41, 5.74) is 2.71. The molecule has 0 bridgehead atoms. The fourth-order valence-electron chi connectivity index (χ4n) is 3.70. The predicted molar refractivity (Wildman–Crippen MR) is 145 cm³/mol. The van der Waals surface area contributed by atoms with Gasteiger partial charge in [-0.1, -0.05) is 12.1 Å². The molecule has 0 spiro atoms. The normalized spacial score (nSPS) is 11.7. The Bertz CT molecular complexity index is 1530. The van der Waals surface area contributed by atoms with Crippen molar-refractivity contribution >= 4 is 29.1 Å². The summed E-state index contributed by atoms with van der Waals surface area (Å²) in [6.45, 7) is 4.28. The number of alkyl halides is 3. The van der Waals surface area contributed by atoms with Gasteiger partial charge in [-0.2, -0.15) is 18.2 Å². The van der Waals surface area contributed by atoms with E-state index in [4.69, 9.17) is 4.74 Å². The van der Waals surface area contributed by atoms with E-state index in [2.05, 4.69) is 20.7 Å². The number of hydrogen-bond acceptors (Lipinski definition) is 6. The highest BCUT2D eigenvalue weighted by Gasteiger charge is 2.28. The molecule has 3 N–H and O–H groups in total. The van der Waals surface area contributed by atoms with Gasteiger partial charge in [0.2, 0.25) is 5.95 Å². The van der Waals surface area contributed by atoms with Crippen LogP contribution in [0.2, 0.25) is 0 Å². The van der Waals surface area contributed by atoms with Gasteiger partial charge in [-0.25, -0.2) is 4.52 Å². The van der Waals surface area contributed by atoms with E-state index >= 15 is 0 Å². The van der Waals surface area contributed by atoms with Crippen LogP contribution >= 0.6 is 0 Å². The zero-order valence-electron chi connectivity index (χ0n) is 22.3. The van der Waals surface area contributed by atoms with Gasteiger partial charge in [0.05, 0.1) is 26.1 Å². The number of hydrogen-bond donors (Lipinski definition) is 3. The van der Waals surface area contributed by atoms with Crippen LogP contribution in [-0.4, -0.2) is 51.8 Å². The number of carbonyl (C=O) groups excluding carboxylic acids is 2. The third-order valence-electron chi connectivity index (χ3n) is 6.13. The first-order chi connectivity index (χ1) is 18.9. The van der Waals surface area contributed by atoms with Gasteiger partial charge in [0.1, 0.15) is 12.3 Å². The molecule has 0 aliphatic carbocycles. The molecule has 0 unspecified atom stereocenters. The van der Waals surface area contributed by atoms with Crippen molar-refractivity contribution < 1.29 is 27.5 Å². The Morgan fingerprint density at radius 3 is 2.30 bits per heavy atom. The molecular formula is C28H28F3N6O3+. The molecule has 12 heteroatoms. The largest absolute Gasteiger partial charge is 0.495 e. The number of nitrogens with zero attached hydrogens (tertiary/aromatic N) is 3. The van der Waals surface area contributed by atoms with E-state index in [9.17, 15) is 22.8 Å². The zero-order chi connectivity index (χ0) is 29.1. The van der Waals surface area contributed by atoms with E-state index in [1.165, 1.54) is 19.2 Å². The van der Waals surface area contributed by atoms with Crippen molar-refractivity contribution in [1.82, 2.24) is 25.2 Å². The van der Waals surface area contributed by atoms with Crippen molar-refractivity contribution in [2.24, 2.45) is 0 Å². The topological polar surface area (TPSA) is 110 Å². The number of nitrogens with one attached hydrogen (secondary N) is 3. The number of amides is 2. The van der Waals surface area contributed by atoms with Crippen LogP contribution in [0.15, 0.2) is 60.8 Å². The van der Waals surface area contributed by atoms with E-state index < -0.39 is 24.2 Å². The SMILES string of the molecule is C[CH+]C(C)(C)NC(=O)c1ccc(Nc2nc3ccc(-c4ccc(C(=O)NCC(F)(F)F)cc4)cn3n2)c(OC)c1. The highest BCUT2D eigenvalue weighted by molar-refractivity contribution is 5.96. The smallest absolute Gasteiger partial charge is 0.405 e. The first-order valence-electron chi connectivity index (χ1n) is 12.3. The lowest BCUT2D eigenvalue weighted by molar-refractivity contribution is -0.123. The van der Waals surface area contributed by atoms with Crippen LogP contribution < -0.4 is 20.7 Å². The van der Waals surface area contributed by atoms with E-state index in [0.29, 0.717) is 28.6 Å². The molecule has 0 saturated heterocycles. The third kappa shape index (κ3) is 6.82. The minimum absolute atomic E-state index is 0.117. The van der Waals surface area contributed by atoms with Gasteiger partial charge in [0.25, 0.3) is 11.8 Å². The predicted octanol–water partition coefficient (Wildman–Crippen LogP) is 5.17. The highest BCUT2D eigenvalue weighted by atomic mass is 19.4. The van der Waals surface area contributed by atoms with E-state index in [1.54, 1.807) is 47.1 Å². The lowest BCUT2D eigenvalue weighted by atomic mass is 10.0. The molecule has 0 radical (unpaired) electrons. The zero-order valence-corrected chi connectivity index (χ0v) is 22.3. The van der Waals surface area contributed by atoms with Crippen LogP contribution in [0.25, 0.3) is 16.8 Å². The Balaban J connectivity index is 1.49. The Hall–Kier alpha value is -4.74. The van der Waals surface area contributed by atoms with Crippen molar-refractivity contribution in [3.63, 3.8) is 0 Å². The molecule has 0 aliphatic heterocycles. The number of fused-ring (bicyclic) bond motifs is 1. The van der Waals surface area contributed by atoms with Gasteiger partial charge in [-0.15, -0.1) is 5.10 Å². The molecule has 2 amide bonds. The summed E-state index contributed by atoms with van der Waals surface area (Å²) < 4.78 is 44.1. The molecule has 0 fully saturated rings. The Labute approximate surface area is 228 Å². The molecule has 2 aromatic heterocycles. The van der Waals surface area contributed by atoms with Gasteiger partial charge in [0, 0.05) is 36.7 Å². The summed E-state index contributed by atoms with van der Waals surface area (Å²) in [6.07, 6.45) is -0.843. The van der Waals surface area contributed by atoms with Crippen LogP contribution in [0, 0.1) is 6.42 Å². The molecule has 0 atom stereocenters.